The van der Waals surface area contributed by atoms with Gasteiger partial charge in [-0.1, -0.05) is 96.1 Å². The summed E-state index contributed by atoms with van der Waals surface area (Å²) >= 11 is 0. The number of aromatic carboxylic acids is 2. The van der Waals surface area contributed by atoms with Crippen LogP contribution in [0.15, 0.2) is 66.7 Å². The second-order valence-corrected chi connectivity index (χ2v) is 10.6. The molecule has 0 saturated heterocycles. The van der Waals surface area contributed by atoms with E-state index >= 15 is 0 Å². The minimum Gasteiger partial charge on any atom is -0.478 e. The van der Waals surface area contributed by atoms with E-state index in [2.05, 4.69) is 90.1 Å². The van der Waals surface area contributed by atoms with Crippen LogP contribution in [-0.4, -0.2) is 22.2 Å². The number of benzene rings is 3. The molecule has 0 aliphatic rings. The van der Waals surface area contributed by atoms with Gasteiger partial charge in [0.1, 0.15) is 0 Å². The van der Waals surface area contributed by atoms with Crippen molar-refractivity contribution in [3.8, 4) is 0 Å². The molecule has 176 valence electrons. The summed E-state index contributed by atoms with van der Waals surface area (Å²) in [5, 5.41) is 18.9. The smallest absolute Gasteiger partial charge is 0.336 e. The fourth-order valence-corrected chi connectivity index (χ4v) is 3.81. The van der Waals surface area contributed by atoms with Crippen molar-refractivity contribution >= 4 is 23.6 Å². The zero-order chi connectivity index (χ0) is 25.3. The van der Waals surface area contributed by atoms with Gasteiger partial charge in [-0.3, -0.25) is 0 Å². The lowest BCUT2D eigenvalue weighted by Crippen LogP contribution is -2.11. The minimum atomic E-state index is -1.27. The lowest BCUT2D eigenvalue weighted by atomic mass is 9.84. The summed E-state index contributed by atoms with van der Waals surface area (Å²) in [4.78, 5) is 23.1. The third-order valence-corrected chi connectivity index (χ3v) is 5.94. The Morgan fingerprint density at radius 2 is 1.03 bits per heavy atom. The van der Waals surface area contributed by atoms with Crippen LogP contribution in [0.3, 0.4) is 0 Å². The van der Waals surface area contributed by atoms with Gasteiger partial charge >= 0.3 is 11.9 Å². The Morgan fingerprint density at radius 1 is 0.618 bits per heavy atom. The minimum absolute atomic E-state index is 0.0276. The van der Waals surface area contributed by atoms with Gasteiger partial charge in [0, 0.05) is 0 Å². The molecule has 3 aromatic rings. The van der Waals surface area contributed by atoms with E-state index in [1.807, 2.05) is 6.08 Å². The third kappa shape index (κ3) is 5.63. The van der Waals surface area contributed by atoms with Gasteiger partial charge in [0.15, 0.2) is 0 Å². The Morgan fingerprint density at radius 3 is 1.38 bits per heavy atom. The van der Waals surface area contributed by atoms with Crippen molar-refractivity contribution in [2.45, 2.75) is 52.4 Å². The van der Waals surface area contributed by atoms with E-state index in [1.165, 1.54) is 23.3 Å². The van der Waals surface area contributed by atoms with Crippen LogP contribution in [0.2, 0.25) is 0 Å². The highest BCUT2D eigenvalue weighted by Crippen LogP contribution is 2.31. The van der Waals surface area contributed by atoms with Crippen LogP contribution < -0.4 is 0 Å². The van der Waals surface area contributed by atoms with Gasteiger partial charge in [-0.25, -0.2) is 9.59 Å². The molecule has 0 saturated carbocycles. The molecule has 0 aromatic heterocycles. The van der Waals surface area contributed by atoms with Crippen molar-refractivity contribution in [3.05, 3.63) is 106 Å². The van der Waals surface area contributed by atoms with Gasteiger partial charge in [0.2, 0.25) is 0 Å². The van der Waals surface area contributed by atoms with Crippen LogP contribution >= 0.6 is 0 Å². The van der Waals surface area contributed by atoms with Gasteiger partial charge < -0.3 is 10.2 Å². The van der Waals surface area contributed by atoms with E-state index in [-0.39, 0.29) is 22.0 Å². The summed E-state index contributed by atoms with van der Waals surface area (Å²) < 4.78 is 0. The van der Waals surface area contributed by atoms with Crippen molar-refractivity contribution < 1.29 is 19.8 Å². The predicted octanol–water partition coefficient (Wildman–Crippen LogP) is 7.27. The zero-order valence-electron chi connectivity index (χ0n) is 20.6. The van der Waals surface area contributed by atoms with Crippen LogP contribution in [0.5, 0.6) is 0 Å². The average Bonchev–Trinajstić information content (AvgIpc) is 2.76. The van der Waals surface area contributed by atoms with Crippen LogP contribution in [-0.2, 0) is 10.8 Å². The Balaban J connectivity index is 2.17. The topological polar surface area (TPSA) is 74.6 Å². The molecule has 0 unspecified atom stereocenters. The van der Waals surface area contributed by atoms with Gasteiger partial charge in [-0.2, -0.15) is 0 Å². The molecule has 34 heavy (non-hydrogen) atoms. The molecule has 0 fully saturated rings. The molecule has 0 amide bonds. The Kier molecular flexibility index (Phi) is 6.83. The molecule has 3 aromatic carbocycles. The first-order valence-corrected chi connectivity index (χ1v) is 11.3. The fourth-order valence-electron chi connectivity index (χ4n) is 3.81. The van der Waals surface area contributed by atoms with Gasteiger partial charge in [-0.15, -0.1) is 0 Å². The molecule has 0 aliphatic carbocycles. The molecule has 0 heterocycles. The van der Waals surface area contributed by atoms with Gasteiger partial charge in [0.25, 0.3) is 0 Å². The van der Waals surface area contributed by atoms with E-state index in [1.54, 1.807) is 6.07 Å². The molecular formula is C30H32O4. The third-order valence-electron chi connectivity index (χ3n) is 5.94. The number of carbonyl (C=O) groups is 2. The van der Waals surface area contributed by atoms with Crippen LogP contribution in [0.4, 0.5) is 0 Å². The highest BCUT2D eigenvalue weighted by Gasteiger charge is 2.18. The Hall–Kier alpha value is -3.66. The normalized spacial score (nSPS) is 11.7. The highest BCUT2D eigenvalue weighted by molar-refractivity contribution is 6.02. The van der Waals surface area contributed by atoms with Crippen molar-refractivity contribution in [1.29, 1.82) is 0 Å². The summed E-state index contributed by atoms with van der Waals surface area (Å²) in [7, 11) is 0. The van der Waals surface area contributed by atoms with E-state index in [0.29, 0.717) is 5.56 Å². The zero-order valence-corrected chi connectivity index (χ0v) is 20.6. The molecule has 2 N–H and O–H groups in total. The summed E-state index contributed by atoms with van der Waals surface area (Å²) in [6.07, 6.45) is 1.91. The van der Waals surface area contributed by atoms with Crippen molar-refractivity contribution in [3.63, 3.8) is 0 Å². The van der Waals surface area contributed by atoms with E-state index in [4.69, 9.17) is 0 Å². The Bertz CT molecular complexity index is 1170. The fraction of sp³-hybridized carbons (Fsp3) is 0.267. The van der Waals surface area contributed by atoms with Crippen LogP contribution in [0.25, 0.3) is 11.6 Å². The maximum atomic E-state index is 11.7. The van der Waals surface area contributed by atoms with E-state index in [0.717, 1.165) is 16.7 Å². The first kappa shape index (κ1) is 25.0. The van der Waals surface area contributed by atoms with Gasteiger partial charge in [0.05, 0.1) is 11.1 Å². The Labute approximate surface area is 201 Å². The first-order valence-electron chi connectivity index (χ1n) is 11.3. The average molecular weight is 457 g/mol. The standard InChI is InChI=1S/C30H32O4/c1-29(2,3)22-12-8-20(9-13-22)25(21-10-14-23(15-11-21)30(4,5)6)17-19-7-16-24(27(31)32)26(18-19)28(33)34/h7-18H,1-6H3,(H,31,32)(H,33,34). The SMILES string of the molecule is CC(C)(C)c1ccc(C(=Cc2ccc(C(=O)O)c(C(=O)O)c2)c2ccc(C(C)(C)C)cc2)cc1. The summed E-state index contributed by atoms with van der Waals surface area (Å²) in [5.74, 6) is -2.53. The lowest BCUT2D eigenvalue weighted by molar-refractivity contribution is 0.0651. The molecule has 0 bridgehead atoms. The van der Waals surface area contributed by atoms with Crippen molar-refractivity contribution in [2.24, 2.45) is 0 Å². The molecule has 0 atom stereocenters. The van der Waals surface area contributed by atoms with E-state index < -0.39 is 11.9 Å². The second-order valence-electron chi connectivity index (χ2n) is 10.6. The quantitative estimate of drug-likeness (QED) is 0.396. The highest BCUT2D eigenvalue weighted by atomic mass is 16.4. The maximum absolute atomic E-state index is 11.7. The first-order chi connectivity index (χ1) is 15.8. The van der Waals surface area contributed by atoms with E-state index in [9.17, 15) is 19.8 Å². The summed E-state index contributed by atoms with van der Waals surface area (Å²) in [6, 6.07) is 21.2. The molecule has 0 radical (unpaired) electrons. The maximum Gasteiger partial charge on any atom is 0.336 e. The predicted molar refractivity (Wildman–Crippen MR) is 138 cm³/mol. The van der Waals surface area contributed by atoms with Crippen molar-refractivity contribution in [2.75, 3.05) is 0 Å². The lowest BCUT2D eigenvalue weighted by Gasteiger charge is -2.21. The summed E-state index contributed by atoms with van der Waals surface area (Å²) in [6.45, 7) is 13.0. The number of carboxylic acids is 2. The monoisotopic (exact) mass is 456 g/mol. The molecule has 4 heteroatoms. The number of hydrogen-bond acceptors (Lipinski definition) is 2. The number of hydrogen-bond donors (Lipinski definition) is 2. The van der Waals surface area contributed by atoms with Crippen LogP contribution in [0.1, 0.15) is 90.1 Å². The molecular weight excluding hydrogens is 424 g/mol. The number of rotatable bonds is 5. The summed E-state index contributed by atoms with van der Waals surface area (Å²) in [5.41, 5.74) is 5.58. The largest absolute Gasteiger partial charge is 0.478 e. The molecule has 0 aliphatic heterocycles. The van der Waals surface area contributed by atoms with Gasteiger partial charge in [-0.05, 0) is 62.4 Å². The molecule has 0 spiro atoms. The van der Waals surface area contributed by atoms with Crippen molar-refractivity contribution in [1.82, 2.24) is 0 Å². The molecule has 3 rings (SSSR count). The number of carboxylic acid groups (broad SMARTS) is 2. The molecule has 4 nitrogen and oxygen atoms in total. The second kappa shape index (κ2) is 9.30. The van der Waals surface area contributed by atoms with Crippen LogP contribution in [0, 0.1) is 0 Å².